The van der Waals surface area contributed by atoms with Crippen LogP contribution in [-0.2, 0) is 0 Å². The molecule has 0 saturated carbocycles. The Morgan fingerprint density at radius 3 is 2.50 bits per heavy atom. The van der Waals surface area contributed by atoms with Crippen molar-refractivity contribution in [3.05, 3.63) is 96.6 Å². The Morgan fingerprint density at radius 2 is 1.70 bits per heavy atom. The van der Waals surface area contributed by atoms with Crippen molar-refractivity contribution in [1.29, 1.82) is 0 Å². The zero-order chi connectivity index (χ0) is 20.5. The molecule has 1 amide bonds. The summed E-state index contributed by atoms with van der Waals surface area (Å²) in [6.07, 6.45) is 3.93. The van der Waals surface area contributed by atoms with Crippen LogP contribution in [0.25, 0.3) is 22.6 Å². The summed E-state index contributed by atoms with van der Waals surface area (Å²) in [5, 5.41) is 15.6. The molecular weight excluding hydrogens is 376 g/mol. The van der Waals surface area contributed by atoms with Gasteiger partial charge in [0, 0.05) is 34.9 Å². The largest absolute Gasteiger partial charge is 0.324 e. The fourth-order valence-electron chi connectivity index (χ4n) is 3.30. The van der Waals surface area contributed by atoms with Crippen LogP contribution in [0.5, 0.6) is 0 Å². The van der Waals surface area contributed by atoms with Gasteiger partial charge < -0.3 is 9.88 Å². The third kappa shape index (κ3) is 3.33. The summed E-state index contributed by atoms with van der Waals surface area (Å²) in [6, 6.07) is 22.8. The standard InChI is InChI=1S/C23H18N6O/c1-16-25-26-22-12-11-21(27-29(16)22)18-5-4-6-19(15-18)24-23(30)17-7-9-20(10-8-17)28-13-2-3-14-28/h2-15H,1H3,(H,24,30). The molecule has 30 heavy (non-hydrogen) atoms. The third-order valence-electron chi connectivity index (χ3n) is 4.87. The normalized spacial score (nSPS) is 11.0. The molecule has 0 aliphatic rings. The van der Waals surface area contributed by atoms with E-state index in [2.05, 4.69) is 20.6 Å². The highest BCUT2D eigenvalue weighted by molar-refractivity contribution is 6.04. The van der Waals surface area contributed by atoms with Gasteiger partial charge in [0.25, 0.3) is 5.91 Å². The molecule has 2 aromatic carbocycles. The number of hydrogen-bond donors (Lipinski definition) is 1. The van der Waals surface area contributed by atoms with Crippen LogP contribution < -0.4 is 5.32 Å². The van der Waals surface area contributed by atoms with E-state index in [9.17, 15) is 4.79 Å². The molecule has 0 saturated heterocycles. The van der Waals surface area contributed by atoms with Gasteiger partial charge in [0.1, 0.15) is 0 Å². The Kier molecular flexibility index (Phi) is 4.33. The molecule has 0 aliphatic carbocycles. The SMILES string of the molecule is Cc1nnc2ccc(-c3cccc(NC(=O)c4ccc(-n5cccc5)cc4)c3)nn12. The van der Waals surface area contributed by atoms with Crippen molar-refractivity contribution < 1.29 is 4.79 Å². The zero-order valence-electron chi connectivity index (χ0n) is 16.2. The van der Waals surface area contributed by atoms with Crippen molar-refractivity contribution in [2.75, 3.05) is 5.32 Å². The predicted molar refractivity (Wildman–Crippen MR) is 115 cm³/mol. The summed E-state index contributed by atoms with van der Waals surface area (Å²) >= 11 is 0. The Labute approximate surface area is 172 Å². The van der Waals surface area contributed by atoms with E-state index >= 15 is 0 Å². The fourth-order valence-corrected chi connectivity index (χ4v) is 3.30. The second-order valence-corrected chi connectivity index (χ2v) is 6.91. The molecule has 1 N–H and O–H groups in total. The molecule has 3 heterocycles. The molecule has 0 fully saturated rings. The number of nitrogens with zero attached hydrogens (tertiary/aromatic N) is 5. The number of benzene rings is 2. The number of aromatic nitrogens is 5. The summed E-state index contributed by atoms with van der Waals surface area (Å²) in [7, 11) is 0. The Morgan fingerprint density at radius 1 is 0.900 bits per heavy atom. The number of carbonyl (C=O) groups excluding carboxylic acids is 1. The number of rotatable bonds is 4. The number of amides is 1. The van der Waals surface area contributed by atoms with Gasteiger partial charge in [-0.05, 0) is 67.6 Å². The van der Waals surface area contributed by atoms with Gasteiger partial charge in [-0.2, -0.15) is 9.61 Å². The first-order valence-corrected chi connectivity index (χ1v) is 9.52. The van der Waals surface area contributed by atoms with E-state index in [1.165, 1.54) is 0 Å². The summed E-state index contributed by atoms with van der Waals surface area (Å²) in [5.41, 5.74) is 4.67. The van der Waals surface area contributed by atoms with E-state index in [-0.39, 0.29) is 5.91 Å². The van der Waals surface area contributed by atoms with Crippen molar-refractivity contribution in [2.45, 2.75) is 6.92 Å². The molecule has 0 atom stereocenters. The quantitative estimate of drug-likeness (QED) is 0.497. The second-order valence-electron chi connectivity index (χ2n) is 6.91. The van der Waals surface area contributed by atoms with Crippen LogP contribution in [0.2, 0.25) is 0 Å². The van der Waals surface area contributed by atoms with E-state index in [0.717, 1.165) is 22.8 Å². The average molecular weight is 394 g/mol. The van der Waals surface area contributed by atoms with Crippen LogP contribution in [0.1, 0.15) is 16.2 Å². The molecule has 5 rings (SSSR count). The molecule has 146 valence electrons. The summed E-state index contributed by atoms with van der Waals surface area (Å²) in [5.74, 6) is 0.559. The highest BCUT2D eigenvalue weighted by Crippen LogP contribution is 2.22. The molecule has 0 unspecified atom stereocenters. The Balaban J connectivity index is 1.37. The summed E-state index contributed by atoms with van der Waals surface area (Å²) < 4.78 is 3.69. The van der Waals surface area contributed by atoms with E-state index in [0.29, 0.717) is 16.9 Å². The lowest BCUT2D eigenvalue weighted by atomic mass is 10.1. The average Bonchev–Trinajstić information content (AvgIpc) is 3.44. The lowest BCUT2D eigenvalue weighted by Crippen LogP contribution is -2.12. The highest BCUT2D eigenvalue weighted by atomic mass is 16.1. The number of anilines is 1. The van der Waals surface area contributed by atoms with Crippen LogP contribution in [0.3, 0.4) is 0 Å². The van der Waals surface area contributed by atoms with Gasteiger partial charge in [-0.25, -0.2) is 0 Å². The molecule has 5 aromatic rings. The molecule has 0 radical (unpaired) electrons. The molecule has 7 nitrogen and oxygen atoms in total. The lowest BCUT2D eigenvalue weighted by molar-refractivity contribution is 0.102. The van der Waals surface area contributed by atoms with Crippen molar-refractivity contribution in [3.63, 3.8) is 0 Å². The number of fused-ring (bicyclic) bond motifs is 1. The molecule has 7 heteroatoms. The zero-order valence-corrected chi connectivity index (χ0v) is 16.2. The first-order chi connectivity index (χ1) is 14.7. The smallest absolute Gasteiger partial charge is 0.255 e. The minimum absolute atomic E-state index is 0.163. The maximum atomic E-state index is 12.7. The van der Waals surface area contributed by atoms with E-state index < -0.39 is 0 Å². The molecule has 0 bridgehead atoms. The van der Waals surface area contributed by atoms with Crippen molar-refractivity contribution in [1.82, 2.24) is 24.4 Å². The van der Waals surface area contributed by atoms with Gasteiger partial charge in [-0.1, -0.05) is 12.1 Å². The van der Waals surface area contributed by atoms with Gasteiger partial charge in [0.05, 0.1) is 5.69 Å². The van der Waals surface area contributed by atoms with Gasteiger partial charge in [0.15, 0.2) is 11.5 Å². The van der Waals surface area contributed by atoms with Gasteiger partial charge in [-0.15, -0.1) is 10.2 Å². The highest BCUT2D eigenvalue weighted by Gasteiger charge is 2.09. The summed E-state index contributed by atoms with van der Waals surface area (Å²) in [4.78, 5) is 12.7. The number of carbonyl (C=O) groups is 1. The van der Waals surface area contributed by atoms with Crippen LogP contribution in [0.4, 0.5) is 5.69 Å². The van der Waals surface area contributed by atoms with Crippen molar-refractivity contribution in [3.8, 4) is 16.9 Å². The topological polar surface area (TPSA) is 77.1 Å². The minimum Gasteiger partial charge on any atom is -0.324 e. The first kappa shape index (κ1) is 17.8. The molecule has 0 aliphatic heterocycles. The van der Waals surface area contributed by atoms with Gasteiger partial charge >= 0.3 is 0 Å². The Bertz CT molecular complexity index is 1340. The monoisotopic (exact) mass is 394 g/mol. The van der Waals surface area contributed by atoms with Crippen molar-refractivity contribution >= 4 is 17.2 Å². The van der Waals surface area contributed by atoms with E-state index in [1.54, 1.807) is 4.52 Å². The minimum atomic E-state index is -0.163. The number of aryl methyl sites for hydroxylation is 1. The molecular formula is C23H18N6O. The first-order valence-electron chi connectivity index (χ1n) is 9.52. The maximum absolute atomic E-state index is 12.7. The Hall–Kier alpha value is -4.26. The van der Waals surface area contributed by atoms with E-state index in [1.807, 2.05) is 96.7 Å². The summed E-state index contributed by atoms with van der Waals surface area (Å²) in [6.45, 7) is 1.86. The molecule has 3 aromatic heterocycles. The maximum Gasteiger partial charge on any atom is 0.255 e. The lowest BCUT2D eigenvalue weighted by Gasteiger charge is -2.09. The molecule has 0 spiro atoms. The second kappa shape index (κ2) is 7.29. The van der Waals surface area contributed by atoms with Crippen LogP contribution in [-0.4, -0.2) is 30.3 Å². The number of nitrogens with one attached hydrogen (secondary N) is 1. The van der Waals surface area contributed by atoms with E-state index in [4.69, 9.17) is 0 Å². The fraction of sp³-hybridized carbons (Fsp3) is 0.0435. The third-order valence-corrected chi connectivity index (χ3v) is 4.87. The number of hydrogen-bond acceptors (Lipinski definition) is 4. The van der Waals surface area contributed by atoms with Crippen LogP contribution in [0.15, 0.2) is 85.2 Å². The predicted octanol–water partition coefficient (Wildman–Crippen LogP) is 4.14. The van der Waals surface area contributed by atoms with Crippen molar-refractivity contribution in [2.24, 2.45) is 0 Å². The van der Waals surface area contributed by atoms with Gasteiger partial charge in [-0.3, -0.25) is 4.79 Å². The van der Waals surface area contributed by atoms with Crippen LogP contribution >= 0.6 is 0 Å². The van der Waals surface area contributed by atoms with Crippen LogP contribution in [0, 0.1) is 6.92 Å². The van der Waals surface area contributed by atoms with Gasteiger partial charge in [0.2, 0.25) is 0 Å².